The molecule has 0 spiro atoms. The van der Waals surface area contributed by atoms with Gasteiger partial charge in [-0.05, 0) is 24.3 Å². The number of nitrogens with zero attached hydrogens (tertiary/aromatic N) is 1. The minimum absolute atomic E-state index is 0.136. The van der Waals surface area contributed by atoms with Gasteiger partial charge in [-0.15, -0.1) is 0 Å². The zero-order valence-electron chi connectivity index (χ0n) is 16.4. The van der Waals surface area contributed by atoms with Gasteiger partial charge >= 0.3 is 5.97 Å². The first kappa shape index (κ1) is 20.6. The third kappa shape index (κ3) is 3.75. The van der Waals surface area contributed by atoms with Crippen LogP contribution >= 0.6 is 0 Å². The van der Waals surface area contributed by atoms with Crippen LogP contribution in [0.5, 0.6) is 17.2 Å². The number of hydroxylamine groups is 2. The number of ether oxygens (including phenoxy) is 3. The maximum absolute atomic E-state index is 12.4. The van der Waals surface area contributed by atoms with Crippen LogP contribution in [0.3, 0.4) is 0 Å². The number of fused-ring (bicyclic) bond motifs is 1. The molecule has 0 radical (unpaired) electrons. The Bertz CT molecular complexity index is 973. The van der Waals surface area contributed by atoms with Crippen LogP contribution in [0, 0.1) is 0 Å². The molecule has 0 saturated carbocycles. The topological polar surface area (TPSA) is 120 Å². The van der Waals surface area contributed by atoms with Gasteiger partial charge in [0.1, 0.15) is 6.54 Å². The lowest BCUT2D eigenvalue weighted by Gasteiger charge is -2.15. The summed E-state index contributed by atoms with van der Waals surface area (Å²) >= 11 is 0. The molecule has 1 aliphatic heterocycles. The number of carbonyl (C=O) groups excluding carboxylic acids is 4. The van der Waals surface area contributed by atoms with E-state index in [-0.39, 0.29) is 28.2 Å². The molecule has 0 atom stereocenters. The number of imide groups is 1. The van der Waals surface area contributed by atoms with Crippen LogP contribution in [-0.2, 0) is 9.63 Å². The van der Waals surface area contributed by atoms with E-state index in [1.165, 1.54) is 45.6 Å². The predicted molar refractivity (Wildman–Crippen MR) is 101 cm³/mol. The average molecular weight is 414 g/mol. The first-order chi connectivity index (χ1) is 14.4. The Morgan fingerprint density at radius 1 is 0.900 bits per heavy atom. The van der Waals surface area contributed by atoms with Gasteiger partial charge in [-0.3, -0.25) is 14.4 Å². The van der Waals surface area contributed by atoms with E-state index in [1.54, 1.807) is 12.1 Å². The summed E-state index contributed by atoms with van der Waals surface area (Å²) in [6.45, 7) is -0.580. The second-order valence-electron chi connectivity index (χ2n) is 6.01. The zero-order valence-corrected chi connectivity index (χ0v) is 16.4. The standard InChI is InChI=1S/C20H18N2O8/c1-27-14-8-11(9-15(28-2)17(14)29-3)18(24)21-10-16(23)30-22-19(25)12-6-4-5-7-13(12)20(22)26/h4-9H,10H2,1-3H3,(H,21,24). The molecule has 10 nitrogen and oxygen atoms in total. The van der Waals surface area contributed by atoms with Crippen LogP contribution in [0.15, 0.2) is 36.4 Å². The van der Waals surface area contributed by atoms with E-state index < -0.39 is 30.2 Å². The van der Waals surface area contributed by atoms with E-state index in [2.05, 4.69) is 5.32 Å². The molecular formula is C20H18N2O8. The van der Waals surface area contributed by atoms with E-state index in [9.17, 15) is 19.2 Å². The molecule has 3 rings (SSSR count). The van der Waals surface area contributed by atoms with Crippen molar-refractivity contribution in [2.45, 2.75) is 0 Å². The minimum atomic E-state index is -0.995. The summed E-state index contributed by atoms with van der Waals surface area (Å²) < 4.78 is 15.5. The Hall–Kier alpha value is -4.08. The smallest absolute Gasteiger partial charge is 0.352 e. The highest BCUT2D eigenvalue weighted by Crippen LogP contribution is 2.38. The fraction of sp³-hybridized carbons (Fsp3) is 0.200. The van der Waals surface area contributed by atoms with E-state index in [0.29, 0.717) is 10.8 Å². The van der Waals surface area contributed by atoms with E-state index in [0.717, 1.165) is 0 Å². The second kappa shape index (κ2) is 8.52. The molecule has 2 aromatic carbocycles. The predicted octanol–water partition coefficient (Wildman–Crippen LogP) is 1.20. The molecule has 1 aliphatic rings. The van der Waals surface area contributed by atoms with Gasteiger partial charge in [-0.2, -0.15) is 0 Å². The molecule has 2 aromatic rings. The number of methoxy groups -OCH3 is 3. The van der Waals surface area contributed by atoms with E-state index >= 15 is 0 Å². The summed E-state index contributed by atoms with van der Waals surface area (Å²) in [7, 11) is 4.23. The molecule has 0 fully saturated rings. The van der Waals surface area contributed by atoms with Crippen molar-refractivity contribution >= 4 is 23.7 Å². The minimum Gasteiger partial charge on any atom is -0.493 e. The van der Waals surface area contributed by atoms with E-state index in [1.807, 2.05) is 0 Å². The Labute approximate surface area is 171 Å². The zero-order chi connectivity index (χ0) is 21.8. The van der Waals surface area contributed by atoms with Crippen LogP contribution in [0.4, 0.5) is 0 Å². The summed E-state index contributed by atoms with van der Waals surface area (Å²) in [6.07, 6.45) is 0. The first-order valence-corrected chi connectivity index (χ1v) is 8.68. The molecule has 30 heavy (non-hydrogen) atoms. The molecule has 10 heteroatoms. The number of nitrogens with one attached hydrogen (secondary N) is 1. The summed E-state index contributed by atoms with van der Waals surface area (Å²) in [4.78, 5) is 53.7. The summed E-state index contributed by atoms with van der Waals surface area (Å²) in [6, 6.07) is 8.91. The fourth-order valence-electron chi connectivity index (χ4n) is 2.85. The quantitative estimate of drug-likeness (QED) is 0.671. The maximum Gasteiger partial charge on any atom is 0.352 e. The van der Waals surface area contributed by atoms with E-state index in [4.69, 9.17) is 19.0 Å². The van der Waals surface area contributed by atoms with Gasteiger partial charge in [0.05, 0.1) is 32.5 Å². The molecule has 0 aliphatic carbocycles. The van der Waals surface area contributed by atoms with Gasteiger partial charge in [0, 0.05) is 5.56 Å². The number of hydrogen-bond acceptors (Lipinski definition) is 8. The molecule has 0 bridgehead atoms. The largest absolute Gasteiger partial charge is 0.493 e. The Morgan fingerprint density at radius 3 is 1.90 bits per heavy atom. The molecule has 1 heterocycles. The lowest BCUT2D eigenvalue weighted by atomic mass is 10.1. The van der Waals surface area contributed by atoms with Gasteiger partial charge in [0.2, 0.25) is 5.75 Å². The highest BCUT2D eigenvalue weighted by Gasteiger charge is 2.38. The van der Waals surface area contributed by atoms with Crippen molar-refractivity contribution in [3.05, 3.63) is 53.1 Å². The van der Waals surface area contributed by atoms with Crippen LogP contribution in [0.2, 0.25) is 0 Å². The third-order valence-electron chi connectivity index (χ3n) is 4.27. The summed E-state index contributed by atoms with van der Waals surface area (Å²) in [5.41, 5.74) is 0.409. The molecular weight excluding hydrogens is 396 g/mol. The first-order valence-electron chi connectivity index (χ1n) is 8.68. The molecule has 1 N–H and O–H groups in total. The summed E-state index contributed by atoms with van der Waals surface area (Å²) in [5.74, 6) is -2.30. The average Bonchev–Trinajstić information content (AvgIpc) is 3.01. The SMILES string of the molecule is COc1cc(C(=O)NCC(=O)ON2C(=O)c3ccccc3C2=O)cc(OC)c1OC. The second-order valence-corrected chi connectivity index (χ2v) is 6.01. The van der Waals surface area contributed by atoms with Crippen LogP contribution < -0.4 is 19.5 Å². The van der Waals surface area contributed by atoms with Crippen molar-refractivity contribution in [2.24, 2.45) is 0 Å². The van der Waals surface area contributed by atoms with Crippen LogP contribution in [-0.4, -0.2) is 56.6 Å². The number of benzene rings is 2. The lowest BCUT2D eigenvalue weighted by Crippen LogP contribution is -2.38. The number of amides is 3. The van der Waals surface area contributed by atoms with Gasteiger partial charge in [0.25, 0.3) is 17.7 Å². The van der Waals surface area contributed by atoms with Gasteiger partial charge in [-0.1, -0.05) is 17.2 Å². The number of hydrogen-bond donors (Lipinski definition) is 1. The molecule has 0 aromatic heterocycles. The molecule has 3 amide bonds. The van der Waals surface area contributed by atoms with Crippen molar-refractivity contribution in [1.29, 1.82) is 0 Å². The molecule has 0 saturated heterocycles. The van der Waals surface area contributed by atoms with Crippen molar-refractivity contribution in [1.82, 2.24) is 10.4 Å². The normalized spacial score (nSPS) is 12.3. The van der Waals surface area contributed by atoms with Crippen LogP contribution in [0.25, 0.3) is 0 Å². The Balaban J connectivity index is 1.65. The van der Waals surface area contributed by atoms with Gasteiger partial charge < -0.3 is 24.4 Å². The summed E-state index contributed by atoms with van der Waals surface area (Å²) in [5, 5.41) is 2.72. The Kier molecular flexibility index (Phi) is 5.86. The third-order valence-corrected chi connectivity index (χ3v) is 4.27. The van der Waals surface area contributed by atoms with Crippen molar-refractivity contribution in [3.8, 4) is 17.2 Å². The highest BCUT2D eigenvalue weighted by atomic mass is 16.7. The fourth-order valence-corrected chi connectivity index (χ4v) is 2.85. The van der Waals surface area contributed by atoms with Gasteiger partial charge in [-0.25, -0.2) is 4.79 Å². The Morgan fingerprint density at radius 2 is 1.43 bits per heavy atom. The van der Waals surface area contributed by atoms with Gasteiger partial charge in [0.15, 0.2) is 11.5 Å². The van der Waals surface area contributed by atoms with Crippen molar-refractivity contribution in [2.75, 3.05) is 27.9 Å². The molecule has 156 valence electrons. The highest BCUT2D eigenvalue weighted by molar-refractivity contribution is 6.20. The maximum atomic E-state index is 12.4. The van der Waals surface area contributed by atoms with Crippen molar-refractivity contribution in [3.63, 3.8) is 0 Å². The molecule has 0 unspecified atom stereocenters. The lowest BCUT2D eigenvalue weighted by molar-refractivity contribution is -0.167. The van der Waals surface area contributed by atoms with Crippen molar-refractivity contribution < 1.29 is 38.2 Å². The number of rotatable bonds is 7. The number of carbonyl (C=O) groups is 4. The monoisotopic (exact) mass is 414 g/mol. The van der Waals surface area contributed by atoms with Crippen LogP contribution in [0.1, 0.15) is 31.1 Å².